The molecule has 0 aromatic carbocycles. The van der Waals surface area contributed by atoms with E-state index in [4.69, 9.17) is 5.73 Å². The second-order valence-electron chi connectivity index (χ2n) is 3.12. The quantitative estimate of drug-likeness (QED) is 0.633. The van der Waals surface area contributed by atoms with Gasteiger partial charge in [-0.2, -0.15) is 0 Å². The van der Waals surface area contributed by atoms with Crippen LogP contribution in [0, 0.1) is 5.92 Å². The number of nitrogens with zero attached hydrogens (tertiary/aromatic N) is 1. The summed E-state index contributed by atoms with van der Waals surface area (Å²) in [5, 5.41) is 0. The molecule has 0 bridgehead atoms. The third-order valence-electron chi connectivity index (χ3n) is 2.25. The third kappa shape index (κ3) is 1.75. The zero-order valence-electron chi connectivity index (χ0n) is 7.25. The van der Waals surface area contributed by atoms with Crippen molar-refractivity contribution in [1.82, 2.24) is 4.90 Å². The van der Waals surface area contributed by atoms with E-state index in [0.29, 0.717) is 6.54 Å². The van der Waals surface area contributed by atoms with E-state index in [-0.39, 0.29) is 18.4 Å². The minimum atomic E-state index is -0.430. The summed E-state index contributed by atoms with van der Waals surface area (Å²) in [7, 11) is 0. The van der Waals surface area contributed by atoms with Crippen molar-refractivity contribution in [1.29, 1.82) is 0 Å². The maximum atomic E-state index is 11.4. The first-order valence-corrected chi connectivity index (χ1v) is 4.22. The number of amides is 2. The molecular weight excluding hydrogens is 156 g/mol. The number of rotatable bonds is 3. The number of hydrogen-bond acceptors (Lipinski definition) is 2. The van der Waals surface area contributed by atoms with Crippen LogP contribution < -0.4 is 5.73 Å². The Morgan fingerprint density at radius 2 is 2.42 bits per heavy atom. The van der Waals surface area contributed by atoms with Gasteiger partial charge in [-0.3, -0.25) is 9.59 Å². The van der Waals surface area contributed by atoms with E-state index in [0.717, 1.165) is 12.8 Å². The zero-order valence-corrected chi connectivity index (χ0v) is 7.25. The van der Waals surface area contributed by atoms with Gasteiger partial charge in [-0.25, -0.2) is 0 Å². The Morgan fingerprint density at radius 3 is 2.83 bits per heavy atom. The normalized spacial score (nSPS) is 23.2. The maximum Gasteiger partial charge on any atom is 0.237 e. The Morgan fingerprint density at radius 1 is 1.75 bits per heavy atom. The predicted octanol–water partition coefficient (Wildman–Crippen LogP) is -0.270. The van der Waals surface area contributed by atoms with Crippen molar-refractivity contribution in [3.8, 4) is 0 Å². The van der Waals surface area contributed by atoms with Gasteiger partial charge >= 0.3 is 0 Å². The molecule has 2 amide bonds. The molecule has 1 fully saturated rings. The molecule has 0 aromatic rings. The van der Waals surface area contributed by atoms with Crippen LogP contribution in [0.15, 0.2) is 0 Å². The molecular formula is C8H14N2O2. The lowest BCUT2D eigenvalue weighted by atomic mass is 10.1. The molecule has 0 aromatic heterocycles. The Kier molecular flexibility index (Phi) is 2.68. The standard InChI is InChI=1S/C8H14N2O2/c1-2-6-3-4-10(8(6)12)5-7(9)11/h6H,2-5H2,1H3,(H2,9,11). The lowest BCUT2D eigenvalue weighted by Crippen LogP contribution is -2.35. The van der Waals surface area contributed by atoms with E-state index < -0.39 is 5.91 Å². The van der Waals surface area contributed by atoms with Crippen LogP contribution in [0.4, 0.5) is 0 Å². The van der Waals surface area contributed by atoms with Crippen LogP contribution >= 0.6 is 0 Å². The predicted molar refractivity (Wildman–Crippen MR) is 44.2 cm³/mol. The Balaban J connectivity index is 2.49. The molecule has 1 aliphatic heterocycles. The summed E-state index contributed by atoms with van der Waals surface area (Å²) >= 11 is 0. The summed E-state index contributed by atoms with van der Waals surface area (Å²) in [6.07, 6.45) is 1.72. The van der Waals surface area contributed by atoms with Crippen molar-refractivity contribution < 1.29 is 9.59 Å². The molecule has 0 radical (unpaired) electrons. The first kappa shape index (κ1) is 9.03. The highest BCUT2D eigenvalue weighted by Gasteiger charge is 2.30. The Hall–Kier alpha value is -1.06. The molecule has 0 aliphatic carbocycles. The number of likely N-dealkylation sites (tertiary alicyclic amines) is 1. The number of primary amides is 1. The van der Waals surface area contributed by atoms with Gasteiger partial charge in [-0.05, 0) is 12.8 Å². The van der Waals surface area contributed by atoms with Crippen LogP contribution in [0.5, 0.6) is 0 Å². The third-order valence-corrected chi connectivity index (χ3v) is 2.25. The average Bonchev–Trinajstić information content (AvgIpc) is 2.32. The molecule has 0 saturated carbocycles. The molecule has 1 heterocycles. The monoisotopic (exact) mass is 170 g/mol. The number of carbonyl (C=O) groups excluding carboxylic acids is 2. The van der Waals surface area contributed by atoms with Crippen LogP contribution in [-0.2, 0) is 9.59 Å². The van der Waals surface area contributed by atoms with Gasteiger partial charge in [0.25, 0.3) is 0 Å². The van der Waals surface area contributed by atoms with Crippen LogP contribution in [-0.4, -0.2) is 29.8 Å². The number of hydrogen-bond donors (Lipinski definition) is 1. The molecule has 1 rings (SSSR count). The Bertz CT molecular complexity index is 203. The van der Waals surface area contributed by atoms with Gasteiger partial charge in [0.15, 0.2) is 0 Å². The average molecular weight is 170 g/mol. The topological polar surface area (TPSA) is 63.4 Å². The zero-order chi connectivity index (χ0) is 9.14. The molecule has 2 N–H and O–H groups in total. The molecule has 1 aliphatic rings. The van der Waals surface area contributed by atoms with Gasteiger partial charge in [0, 0.05) is 12.5 Å². The highest BCUT2D eigenvalue weighted by molar-refractivity contribution is 5.86. The molecule has 4 nitrogen and oxygen atoms in total. The van der Waals surface area contributed by atoms with Crippen LogP contribution in [0.2, 0.25) is 0 Å². The molecule has 1 unspecified atom stereocenters. The smallest absolute Gasteiger partial charge is 0.237 e. The molecule has 12 heavy (non-hydrogen) atoms. The fraction of sp³-hybridized carbons (Fsp3) is 0.750. The van der Waals surface area contributed by atoms with Crippen molar-refractivity contribution in [2.45, 2.75) is 19.8 Å². The van der Waals surface area contributed by atoms with Gasteiger partial charge < -0.3 is 10.6 Å². The van der Waals surface area contributed by atoms with Crippen LogP contribution in [0.3, 0.4) is 0 Å². The van der Waals surface area contributed by atoms with Gasteiger partial charge in [-0.15, -0.1) is 0 Å². The minimum Gasteiger partial charge on any atom is -0.368 e. The van der Waals surface area contributed by atoms with E-state index in [1.165, 1.54) is 4.90 Å². The van der Waals surface area contributed by atoms with Crippen molar-refractivity contribution in [2.75, 3.05) is 13.1 Å². The maximum absolute atomic E-state index is 11.4. The summed E-state index contributed by atoms with van der Waals surface area (Å²) in [5.41, 5.74) is 4.99. The van der Waals surface area contributed by atoms with Crippen molar-refractivity contribution in [3.05, 3.63) is 0 Å². The summed E-state index contributed by atoms with van der Waals surface area (Å²) in [4.78, 5) is 23.5. The van der Waals surface area contributed by atoms with E-state index in [1.807, 2.05) is 6.92 Å². The van der Waals surface area contributed by atoms with Gasteiger partial charge in [-0.1, -0.05) is 6.92 Å². The van der Waals surface area contributed by atoms with E-state index >= 15 is 0 Å². The molecule has 1 saturated heterocycles. The summed E-state index contributed by atoms with van der Waals surface area (Å²) < 4.78 is 0. The second-order valence-corrected chi connectivity index (χ2v) is 3.12. The van der Waals surface area contributed by atoms with Crippen LogP contribution in [0.25, 0.3) is 0 Å². The number of nitrogens with two attached hydrogens (primary N) is 1. The van der Waals surface area contributed by atoms with E-state index in [9.17, 15) is 9.59 Å². The largest absolute Gasteiger partial charge is 0.368 e. The van der Waals surface area contributed by atoms with E-state index in [2.05, 4.69) is 0 Å². The minimum absolute atomic E-state index is 0.0787. The second kappa shape index (κ2) is 3.56. The lowest BCUT2D eigenvalue weighted by molar-refractivity contribution is -0.134. The SMILES string of the molecule is CCC1CCN(CC(N)=O)C1=O. The van der Waals surface area contributed by atoms with Gasteiger partial charge in [0.2, 0.25) is 11.8 Å². The van der Waals surface area contributed by atoms with Crippen molar-refractivity contribution >= 4 is 11.8 Å². The highest BCUT2D eigenvalue weighted by Crippen LogP contribution is 2.19. The van der Waals surface area contributed by atoms with Crippen molar-refractivity contribution in [3.63, 3.8) is 0 Å². The fourth-order valence-corrected chi connectivity index (χ4v) is 1.53. The van der Waals surface area contributed by atoms with Gasteiger partial charge in [0.05, 0.1) is 6.54 Å². The summed E-state index contributed by atoms with van der Waals surface area (Å²) in [5.74, 6) is -0.235. The van der Waals surface area contributed by atoms with Crippen LogP contribution in [0.1, 0.15) is 19.8 Å². The summed E-state index contributed by atoms with van der Waals surface area (Å²) in [6.45, 7) is 2.74. The van der Waals surface area contributed by atoms with Gasteiger partial charge in [0.1, 0.15) is 0 Å². The molecule has 1 atom stereocenters. The van der Waals surface area contributed by atoms with E-state index in [1.54, 1.807) is 0 Å². The highest BCUT2D eigenvalue weighted by atomic mass is 16.2. The Labute approximate surface area is 71.7 Å². The summed E-state index contributed by atoms with van der Waals surface area (Å²) in [6, 6.07) is 0. The molecule has 4 heteroatoms. The molecule has 0 spiro atoms. The van der Waals surface area contributed by atoms with Crippen molar-refractivity contribution in [2.24, 2.45) is 11.7 Å². The lowest BCUT2D eigenvalue weighted by Gasteiger charge is -2.13. The first-order chi connectivity index (χ1) is 5.65. The fourth-order valence-electron chi connectivity index (χ4n) is 1.53. The number of carbonyl (C=O) groups is 2. The first-order valence-electron chi connectivity index (χ1n) is 4.22. The molecule has 68 valence electrons.